The van der Waals surface area contributed by atoms with E-state index in [0.717, 1.165) is 24.8 Å². The van der Waals surface area contributed by atoms with Gasteiger partial charge in [0, 0.05) is 18.5 Å². The molecule has 2 aromatic rings. The first-order valence-electron chi connectivity index (χ1n) is 10.4. The van der Waals surface area contributed by atoms with Crippen molar-refractivity contribution in [1.82, 2.24) is 10.3 Å². The molecule has 1 heterocycles. The summed E-state index contributed by atoms with van der Waals surface area (Å²) in [6, 6.07) is 16.4. The molecule has 1 aliphatic rings. The summed E-state index contributed by atoms with van der Waals surface area (Å²) in [5.41, 5.74) is 1.55. The molecule has 4 nitrogen and oxygen atoms in total. The van der Waals surface area contributed by atoms with Crippen LogP contribution < -0.4 is 5.32 Å². The van der Waals surface area contributed by atoms with E-state index in [-0.39, 0.29) is 17.8 Å². The minimum absolute atomic E-state index is 0.196. The number of halogens is 1. The van der Waals surface area contributed by atoms with Crippen LogP contribution in [0.4, 0.5) is 4.39 Å². The molecular formula is C24H30FN3O. The molecule has 0 spiro atoms. The average molecular weight is 396 g/mol. The molecule has 5 heteroatoms. The maximum atomic E-state index is 14.4. The Morgan fingerprint density at radius 2 is 1.83 bits per heavy atom. The standard InChI is InChI=1S/C24H30FN3O/c1-4-5-11-16-28-22(19-14-9-10-15-20(19)25)17-21(27-28)23(29)26-24(2,3)18-12-7-6-8-13-18/h6-10,12-15,22H,4-5,11,16-17H2,1-3H3,(H,26,29). The van der Waals surface area contributed by atoms with Gasteiger partial charge in [-0.25, -0.2) is 4.39 Å². The van der Waals surface area contributed by atoms with E-state index in [4.69, 9.17) is 0 Å². The summed E-state index contributed by atoms with van der Waals surface area (Å²) in [7, 11) is 0. The summed E-state index contributed by atoms with van der Waals surface area (Å²) in [5.74, 6) is -0.447. The van der Waals surface area contributed by atoms with Gasteiger partial charge in [0.2, 0.25) is 0 Å². The highest BCUT2D eigenvalue weighted by Crippen LogP contribution is 2.33. The molecule has 0 radical (unpaired) electrons. The number of nitrogens with one attached hydrogen (secondary N) is 1. The summed E-state index contributed by atoms with van der Waals surface area (Å²) in [6.07, 6.45) is 3.55. The third-order valence-electron chi connectivity index (χ3n) is 5.43. The molecule has 1 atom stereocenters. The first-order chi connectivity index (χ1) is 13.9. The molecule has 1 N–H and O–H groups in total. The number of nitrogens with zero attached hydrogens (tertiary/aromatic N) is 2. The number of carbonyl (C=O) groups excluding carboxylic acids is 1. The highest BCUT2D eigenvalue weighted by molar-refractivity contribution is 6.39. The lowest BCUT2D eigenvalue weighted by Gasteiger charge is -2.26. The van der Waals surface area contributed by atoms with Gasteiger partial charge in [-0.15, -0.1) is 0 Å². The average Bonchev–Trinajstić information content (AvgIpc) is 3.13. The normalized spacial score (nSPS) is 16.6. The molecule has 3 rings (SSSR count). The van der Waals surface area contributed by atoms with Gasteiger partial charge in [-0.3, -0.25) is 9.80 Å². The van der Waals surface area contributed by atoms with Crippen molar-refractivity contribution in [3.63, 3.8) is 0 Å². The van der Waals surface area contributed by atoms with E-state index in [0.29, 0.717) is 24.2 Å². The highest BCUT2D eigenvalue weighted by Gasteiger charge is 2.34. The van der Waals surface area contributed by atoms with Gasteiger partial charge in [-0.1, -0.05) is 68.3 Å². The highest BCUT2D eigenvalue weighted by atomic mass is 19.1. The second kappa shape index (κ2) is 9.21. The molecular weight excluding hydrogens is 365 g/mol. The fourth-order valence-corrected chi connectivity index (χ4v) is 3.72. The Balaban J connectivity index is 1.78. The number of hydrazone groups is 1. The van der Waals surface area contributed by atoms with Crippen LogP contribution in [0.5, 0.6) is 0 Å². The van der Waals surface area contributed by atoms with Crippen molar-refractivity contribution < 1.29 is 9.18 Å². The maximum Gasteiger partial charge on any atom is 0.268 e. The Hall–Kier alpha value is -2.69. The van der Waals surface area contributed by atoms with Gasteiger partial charge < -0.3 is 5.32 Å². The van der Waals surface area contributed by atoms with Crippen LogP contribution in [0.1, 0.15) is 63.6 Å². The molecule has 0 saturated carbocycles. The Morgan fingerprint density at radius 1 is 1.14 bits per heavy atom. The minimum Gasteiger partial charge on any atom is -0.342 e. The topological polar surface area (TPSA) is 44.7 Å². The van der Waals surface area contributed by atoms with Gasteiger partial charge in [0.1, 0.15) is 11.5 Å². The van der Waals surface area contributed by atoms with Crippen molar-refractivity contribution in [2.45, 2.75) is 58.0 Å². The van der Waals surface area contributed by atoms with E-state index in [2.05, 4.69) is 17.3 Å². The second-order valence-electron chi connectivity index (χ2n) is 8.10. The number of hydrogen-bond donors (Lipinski definition) is 1. The minimum atomic E-state index is -0.524. The van der Waals surface area contributed by atoms with Crippen LogP contribution in [0.2, 0.25) is 0 Å². The van der Waals surface area contributed by atoms with Gasteiger partial charge in [0.05, 0.1) is 11.6 Å². The largest absolute Gasteiger partial charge is 0.342 e. The fourth-order valence-electron chi connectivity index (χ4n) is 3.72. The lowest BCUT2D eigenvalue weighted by Crippen LogP contribution is -2.44. The predicted octanol–water partition coefficient (Wildman–Crippen LogP) is 5.17. The van der Waals surface area contributed by atoms with Crippen molar-refractivity contribution in [1.29, 1.82) is 0 Å². The van der Waals surface area contributed by atoms with E-state index < -0.39 is 5.54 Å². The first kappa shape index (κ1) is 21.0. The van der Waals surface area contributed by atoms with Crippen LogP contribution in [0, 0.1) is 5.82 Å². The Morgan fingerprint density at radius 3 is 2.52 bits per heavy atom. The molecule has 1 aliphatic heterocycles. The van der Waals surface area contributed by atoms with Crippen molar-refractivity contribution in [2.24, 2.45) is 5.10 Å². The van der Waals surface area contributed by atoms with Gasteiger partial charge in [-0.05, 0) is 31.9 Å². The van der Waals surface area contributed by atoms with E-state index >= 15 is 0 Å². The van der Waals surface area contributed by atoms with E-state index in [1.807, 2.05) is 55.3 Å². The van der Waals surface area contributed by atoms with Gasteiger partial charge in [0.25, 0.3) is 5.91 Å². The van der Waals surface area contributed by atoms with Crippen LogP contribution in [0.3, 0.4) is 0 Å². The first-order valence-corrected chi connectivity index (χ1v) is 10.4. The number of carbonyl (C=O) groups is 1. The lowest BCUT2D eigenvalue weighted by atomic mass is 9.93. The van der Waals surface area contributed by atoms with Crippen LogP contribution in [0.15, 0.2) is 59.7 Å². The number of unbranched alkanes of at least 4 members (excludes halogenated alkanes) is 2. The fraction of sp³-hybridized carbons (Fsp3) is 0.417. The third kappa shape index (κ3) is 5.03. The summed E-state index contributed by atoms with van der Waals surface area (Å²) in [6.45, 7) is 6.81. The predicted molar refractivity (Wildman–Crippen MR) is 115 cm³/mol. The number of rotatable bonds is 8. The molecule has 29 heavy (non-hydrogen) atoms. The molecule has 0 aliphatic carbocycles. The van der Waals surface area contributed by atoms with Crippen LogP contribution >= 0.6 is 0 Å². The SMILES string of the molecule is CCCCCN1N=C(C(=O)NC(C)(C)c2ccccc2)CC1c1ccccc1F. The Kier molecular flexibility index (Phi) is 6.68. The van der Waals surface area contributed by atoms with Crippen molar-refractivity contribution >= 4 is 11.6 Å². The molecule has 0 fully saturated rings. The van der Waals surface area contributed by atoms with Crippen molar-refractivity contribution in [3.05, 3.63) is 71.5 Å². The monoisotopic (exact) mass is 395 g/mol. The molecule has 2 aromatic carbocycles. The molecule has 0 bridgehead atoms. The number of benzene rings is 2. The van der Waals surface area contributed by atoms with E-state index in [1.165, 1.54) is 6.07 Å². The van der Waals surface area contributed by atoms with Crippen molar-refractivity contribution in [2.75, 3.05) is 6.54 Å². The molecule has 0 saturated heterocycles. The van der Waals surface area contributed by atoms with Crippen LogP contribution in [0.25, 0.3) is 0 Å². The maximum absolute atomic E-state index is 14.4. The smallest absolute Gasteiger partial charge is 0.268 e. The Bertz CT molecular complexity index is 863. The quantitative estimate of drug-likeness (QED) is 0.627. The second-order valence-corrected chi connectivity index (χ2v) is 8.10. The number of hydrogen-bond acceptors (Lipinski definition) is 3. The zero-order valence-corrected chi connectivity index (χ0v) is 17.5. The molecule has 1 amide bonds. The lowest BCUT2D eigenvalue weighted by molar-refractivity contribution is -0.116. The van der Waals surface area contributed by atoms with E-state index in [1.54, 1.807) is 12.1 Å². The molecule has 0 aromatic heterocycles. The Labute approximate surface area is 172 Å². The van der Waals surface area contributed by atoms with Crippen LogP contribution in [-0.2, 0) is 10.3 Å². The van der Waals surface area contributed by atoms with Crippen molar-refractivity contribution in [3.8, 4) is 0 Å². The third-order valence-corrected chi connectivity index (χ3v) is 5.43. The number of amides is 1. The van der Waals surface area contributed by atoms with Gasteiger partial charge in [-0.2, -0.15) is 5.10 Å². The summed E-state index contributed by atoms with van der Waals surface area (Å²) in [5, 5.41) is 9.59. The summed E-state index contributed by atoms with van der Waals surface area (Å²) >= 11 is 0. The van der Waals surface area contributed by atoms with Gasteiger partial charge >= 0.3 is 0 Å². The summed E-state index contributed by atoms with van der Waals surface area (Å²) in [4.78, 5) is 13.0. The zero-order chi connectivity index (χ0) is 20.9. The van der Waals surface area contributed by atoms with Crippen LogP contribution in [-0.4, -0.2) is 23.2 Å². The molecule has 154 valence electrons. The van der Waals surface area contributed by atoms with E-state index in [9.17, 15) is 9.18 Å². The zero-order valence-electron chi connectivity index (χ0n) is 17.5. The molecule has 1 unspecified atom stereocenters. The van der Waals surface area contributed by atoms with Gasteiger partial charge in [0.15, 0.2) is 0 Å². The summed E-state index contributed by atoms with van der Waals surface area (Å²) < 4.78 is 14.4.